The Labute approximate surface area is 187 Å². The number of carboxylic acid groups (broad SMARTS) is 1. The Kier molecular flexibility index (Phi) is 4.35. The van der Waals surface area contributed by atoms with Gasteiger partial charge in [0.15, 0.2) is 0 Å². The fourth-order valence-electron chi connectivity index (χ4n) is 7.09. The van der Waals surface area contributed by atoms with Gasteiger partial charge in [0.25, 0.3) is 5.56 Å². The Balaban J connectivity index is 1.48. The number of H-pyrrole nitrogens is 1. The summed E-state index contributed by atoms with van der Waals surface area (Å²) >= 11 is 0. The molecular weight excluding hydrogens is 404 g/mol. The van der Waals surface area contributed by atoms with Gasteiger partial charge in [-0.1, -0.05) is 6.07 Å². The number of pyridine rings is 1. The molecule has 2 N–H and O–H groups in total. The molecule has 6 heteroatoms. The third-order valence-electron chi connectivity index (χ3n) is 8.67. The molecule has 168 valence electrons. The van der Waals surface area contributed by atoms with Gasteiger partial charge in [-0.25, -0.2) is 4.79 Å². The van der Waals surface area contributed by atoms with Crippen LogP contribution in [-0.4, -0.2) is 47.2 Å². The van der Waals surface area contributed by atoms with Gasteiger partial charge in [0.2, 0.25) is 0 Å². The normalized spacial score (nSPS) is 30.8. The van der Waals surface area contributed by atoms with Crippen molar-refractivity contribution in [2.45, 2.75) is 50.5 Å². The lowest BCUT2D eigenvalue weighted by atomic mass is 9.62. The molecule has 1 saturated heterocycles. The number of aromatic carboxylic acids is 1. The van der Waals surface area contributed by atoms with Crippen molar-refractivity contribution in [2.24, 2.45) is 17.8 Å². The summed E-state index contributed by atoms with van der Waals surface area (Å²) in [5, 5.41) is 9.49. The topological polar surface area (TPSA) is 82.6 Å². The molecular formula is C26H30N2O4. The summed E-state index contributed by atoms with van der Waals surface area (Å²) < 4.78 is 5.59. The van der Waals surface area contributed by atoms with E-state index in [0.717, 1.165) is 48.7 Å². The maximum Gasteiger partial charge on any atom is 0.341 e. The van der Waals surface area contributed by atoms with Crippen LogP contribution in [0.5, 0.6) is 5.75 Å². The molecule has 2 aromatic rings. The van der Waals surface area contributed by atoms with Crippen LogP contribution in [0.2, 0.25) is 0 Å². The van der Waals surface area contributed by atoms with E-state index in [-0.39, 0.29) is 11.0 Å². The van der Waals surface area contributed by atoms with Crippen LogP contribution in [0.15, 0.2) is 29.1 Å². The van der Waals surface area contributed by atoms with Crippen LogP contribution in [-0.2, 0) is 18.3 Å². The molecule has 6 nitrogen and oxygen atoms in total. The third kappa shape index (κ3) is 2.88. The van der Waals surface area contributed by atoms with Gasteiger partial charge in [-0.15, -0.1) is 0 Å². The number of rotatable bonds is 5. The van der Waals surface area contributed by atoms with E-state index in [4.69, 9.17) is 4.74 Å². The van der Waals surface area contributed by atoms with E-state index in [9.17, 15) is 14.7 Å². The number of likely N-dealkylation sites (tertiary alicyclic amines) is 1. The van der Waals surface area contributed by atoms with Gasteiger partial charge in [-0.2, -0.15) is 0 Å². The molecule has 0 radical (unpaired) electrons. The highest BCUT2D eigenvalue weighted by atomic mass is 16.5. The average molecular weight is 435 g/mol. The van der Waals surface area contributed by atoms with Gasteiger partial charge in [-0.05, 0) is 91.7 Å². The molecule has 2 heterocycles. The number of carbonyl (C=O) groups is 1. The number of carboxylic acids is 1. The number of methoxy groups -OCH3 is 1. The number of aromatic nitrogens is 1. The molecule has 1 aromatic heterocycles. The van der Waals surface area contributed by atoms with E-state index < -0.39 is 11.5 Å². The summed E-state index contributed by atoms with van der Waals surface area (Å²) in [5.41, 5.74) is 3.80. The summed E-state index contributed by atoms with van der Waals surface area (Å²) in [6, 6.07) is 8.54. The lowest BCUT2D eigenvalue weighted by Crippen LogP contribution is -2.58. The second-order valence-corrected chi connectivity index (χ2v) is 10.5. The Morgan fingerprint density at radius 1 is 1.31 bits per heavy atom. The first kappa shape index (κ1) is 20.0. The second-order valence-electron chi connectivity index (χ2n) is 10.5. The van der Waals surface area contributed by atoms with E-state index in [1.165, 1.54) is 30.5 Å². The zero-order valence-electron chi connectivity index (χ0n) is 18.7. The minimum absolute atomic E-state index is 0.0626. The first-order valence-electron chi connectivity index (χ1n) is 11.8. The van der Waals surface area contributed by atoms with Crippen LogP contribution in [0, 0.1) is 24.7 Å². The molecule has 0 spiro atoms. The van der Waals surface area contributed by atoms with E-state index >= 15 is 0 Å². The number of aromatic amines is 1. The van der Waals surface area contributed by atoms with Crippen LogP contribution in [0.4, 0.5) is 0 Å². The van der Waals surface area contributed by atoms with Crippen molar-refractivity contribution in [2.75, 3.05) is 20.2 Å². The predicted octanol–water partition coefficient (Wildman–Crippen LogP) is 3.16. The largest absolute Gasteiger partial charge is 0.497 e. The van der Waals surface area contributed by atoms with Crippen molar-refractivity contribution in [1.29, 1.82) is 0 Å². The van der Waals surface area contributed by atoms with Crippen molar-refractivity contribution in [3.63, 3.8) is 0 Å². The van der Waals surface area contributed by atoms with Crippen LogP contribution in [0.1, 0.15) is 52.0 Å². The summed E-state index contributed by atoms with van der Waals surface area (Å²) in [7, 11) is 1.71. The number of nitrogens with one attached hydrogen (secondary N) is 1. The van der Waals surface area contributed by atoms with Gasteiger partial charge in [-0.3, -0.25) is 9.69 Å². The molecule has 1 unspecified atom stereocenters. The van der Waals surface area contributed by atoms with E-state index in [1.54, 1.807) is 13.2 Å². The van der Waals surface area contributed by atoms with Gasteiger partial charge in [0.1, 0.15) is 11.3 Å². The van der Waals surface area contributed by atoms with Crippen molar-refractivity contribution in [3.8, 4) is 5.75 Å². The number of benzene rings is 1. The number of ether oxygens (including phenoxy) is 1. The molecule has 1 aromatic carbocycles. The minimum atomic E-state index is -1.15. The highest BCUT2D eigenvalue weighted by molar-refractivity contribution is 5.87. The van der Waals surface area contributed by atoms with E-state index in [0.29, 0.717) is 17.9 Å². The van der Waals surface area contributed by atoms with Crippen LogP contribution in [0.25, 0.3) is 0 Å². The fourth-order valence-corrected chi connectivity index (χ4v) is 7.09. The maximum atomic E-state index is 12.5. The molecule has 0 amide bonds. The van der Waals surface area contributed by atoms with Crippen LogP contribution < -0.4 is 10.3 Å². The minimum Gasteiger partial charge on any atom is -0.497 e. The monoisotopic (exact) mass is 434 g/mol. The zero-order valence-corrected chi connectivity index (χ0v) is 18.7. The molecule has 32 heavy (non-hydrogen) atoms. The molecule has 2 saturated carbocycles. The number of hydrogen-bond donors (Lipinski definition) is 2. The van der Waals surface area contributed by atoms with Gasteiger partial charge in [0.05, 0.1) is 7.11 Å². The van der Waals surface area contributed by atoms with Crippen molar-refractivity contribution in [1.82, 2.24) is 9.88 Å². The van der Waals surface area contributed by atoms with Crippen molar-refractivity contribution in [3.05, 3.63) is 62.6 Å². The van der Waals surface area contributed by atoms with Crippen molar-refractivity contribution >= 4 is 5.97 Å². The van der Waals surface area contributed by atoms with E-state index in [2.05, 4.69) is 28.9 Å². The Hall–Kier alpha value is -2.60. The fraction of sp³-hybridized carbons (Fsp3) is 0.538. The Morgan fingerprint density at radius 2 is 2.12 bits per heavy atom. The lowest BCUT2D eigenvalue weighted by molar-refractivity contribution is 0.00552. The summed E-state index contributed by atoms with van der Waals surface area (Å²) in [5.74, 6) is 1.64. The van der Waals surface area contributed by atoms with Crippen LogP contribution >= 0.6 is 0 Å². The molecule has 6 rings (SSSR count). The van der Waals surface area contributed by atoms with Crippen molar-refractivity contribution < 1.29 is 14.6 Å². The molecule has 4 atom stereocenters. The first-order chi connectivity index (χ1) is 15.4. The Morgan fingerprint density at radius 3 is 2.84 bits per heavy atom. The van der Waals surface area contributed by atoms with Gasteiger partial charge >= 0.3 is 5.97 Å². The standard InChI is InChI=1S/C26H30N2O4/c1-14-3-6-18(32-2)9-20(14)26-10-17-13-28(12-15-4-5-15)23(17)21(26)8-16-7-19(25(30)31)24(29)27-22(16)11-26/h3,6-7,9,15,17,21,23H,4-5,8,10-13H2,1-2H3,(H,27,29)(H,30,31)/t17?,21-,23+,26+/m0/s1. The summed E-state index contributed by atoms with van der Waals surface area (Å²) in [4.78, 5) is 29.7. The lowest BCUT2D eigenvalue weighted by Gasteiger charge is -2.49. The SMILES string of the molecule is COc1ccc(C)c([C@@]23Cc4[nH]c(=O)c(C(=O)O)cc4C[C@H]2[C@H]2C(CN2CC2CC2)C3)c1. The average Bonchev–Trinajstić information content (AvgIpc) is 3.53. The van der Waals surface area contributed by atoms with Gasteiger partial charge < -0.3 is 14.8 Å². The predicted molar refractivity (Wildman–Crippen MR) is 121 cm³/mol. The highest BCUT2D eigenvalue weighted by Gasteiger charge is 2.62. The highest BCUT2D eigenvalue weighted by Crippen LogP contribution is 2.60. The smallest absolute Gasteiger partial charge is 0.341 e. The number of fused-ring (bicyclic) bond motifs is 4. The quantitative estimate of drug-likeness (QED) is 0.756. The zero-order chi connectivity index (χ0) is 22.2. The second kappa shape index (κ2) is 6.95. The number of hydrogen-bond acceptors (Lipinski definition) is 4. The molecule has 3 fully saturated rings. The molecule has 4 aliphatic rings. The first-order valence-corrected chi connectivity index (χ1v) is 11.8. The molecule has 0 bridgehead atoms. The van der Waals surface area contributed by atoms with Gasteiger partial charge in [0, 0.05) is 30.2 Å². The third-order valence-corrected chi connectivity index (χ3v) is 8.67. The summed E-state index contributed by atoms with van der Waals surface area (Å²) in [6.07, 6.45) is 5.38. The number of nitrogens with zero attached hydrogens (tertiary/aromatic N) is 1. The Bertz CT molecular complexity index is 1170. The number of aryl methyl sites for hydroxylation is 1. The van der Waals surface area contributed by atoms with E-state index in [1.807, 2.05) is 6.07 Å². The molecule has 3 aliphatic carbocycles. The maximum absolute atomic E-state index is 12.5. The molecule has 1 aliphatic heterocycles. The van der Waals surface area contributed by atoms with Crippen LogP contribution in [0.3, 0.4) is 0 Å². The summed E-state index contributed by atoms with van der Waals surface area (Å²) in [6.45, 7) is 4.54.